The van der Waals surface area contributed by atoms with Crippen molar-refractivity contribution in [1.29, 1.82) is 0 Å². The molecule has 20 heavy (non-hydrogen) atoms. The van der Waals surface area contributed by atoms with Crippen LogP contribution in [0.15, 0.2) is 0 Å². The van der Waals surface area contributed by atoms with Gasteiger partial charge in [-0.25, -0.2) is 16.8 Å². The number of aliphatic hydroxyl groups is 1. The van der Waals surface area contributed by atoms with Gasteiger partial charge in [-0.15, -0.1) is 0 Å². The maximum atomic E-state index is 11.9. The van der Waals surface area contributed by atoms with Crippen LogP contribution in [0, 0.1) is 0 Å². The predicted molar refractivity (Wildman–Crippen MR) is 73.7 cm³/mol. The van der Waals surface area contributed by atoms with E-state index >= 15 is 0 Å². The Balaban J connectivity index is 3.30. The Morgan fingerprint density at radius 2 is 1.65 bits per heavy atom. The molecule has 0 radical (unpaired) electrons. The molecule has 0 bridgehead atoms. The van der Waals surface area contributed by atoms with Crippen molar-refractivity contribution in [2.24, 2.45) is 0 Å². The highest BCUT2D eigenvalue weighted by atomic mass is 32.2. The standard InChI is InChI=1S/C10H22N2O6S2/c1-10(2,3)18-9-11(19(4,14)15)6-8(7-13)12(9)20(5,16)17/h8-9,13H,6-7H2,1-5H3. The summed E-state index contributed by atoms with van der Waals surface area (Å²) in [5, 5.41) is 9.32. The van der Waals surface area contributed by atoms with E-state index in [1.165, 1.54) is 0 Å². The predicted octanol–water partition coefficient (Wildman–Crippen LogP) is -1.02. The average molecular weight is 330 g/mol. The van der Waals surface area contributed by atoms with Crippen molar-refractivity contribution in [1.82, 2.24) is 8.61 Å². The third kappa shape index (κ3) is 4.12. The Hall–Kier alpha value is -0.260. The zero-order valence-electron chi connectivity index (χ0n) is 12.3. The molecular weight excluding hydrogens is 308 g/mol. The number of hydrogen-bond donors (Lipinski definition) is 1. The fourth-order valence-electron chi connectivity index (χ4n) is 1.98. The molecule has 1 aliphatic rings. The van der Waals surface area contributed by atoms with Gasteiger partial charge in [0, 0.05) is 6.54 Å². The van der Waals surface area contributed by atoms with Crippen LogP contribution in [-0.2, 0) is 24.8 Å². The number of hydrogen-bond acceptors (Lipinski definition) is 6. The van der Waals surface area contributed by atoms with Gasteiger partial charge in [-0.1, -0.05) is 0 Å². The lowest BCUT2D eigenvalue weighted by atomic mass is 10.2. The highest BCUT2D eigenvalue weighted by Gasteiger charge is 2.50. The molecule has 0 aliphatic carbocycles. The van der Waals surface area contributed by atoms with Crippen molar-refractivity contribution in [2.45, 2.75) is 38.8 Å². The summed E-state index contributed by atoms with van der Waals surface area (Å²) in [4.78, 5) is 0. The van der Waals surface area contributed by atoms with Gasteiger partial charge in [0.05, 0.1) is 30.8 Å². The number of aliphatic hydroxyl groups excluding tert-OH is 1. The summed E-state index contributed by atoms with van der Waals surface area (Å²) < 4.78 is 54.8. The molecule has 0 aromatic rings. The Kier molecular flexibility index (Phi) is 4.89. The molecule has 0 aromatic heterocycles. The van der Waals surface area contributed by atoms with E-state index in [9.17, 15) is 21.9 Å². The van der Waals surface area contributed by atoms with Crippen LogP contribution in [0.2, 0.25) is 0 Å². The Morgan fingerprint density at radius 1 is 1.15 bits per heavy atom. The van der Waals surface area contributed by atoms with Crippen LogP contribution in [0.1, 0.15) is 20.8 Å². The molecule has 1 saturated heterocycles. The minimum atomic E-state index is -3.74. The van der Waals surface area contributed by atoms with Gasteiger partial charge in [-0.3, -0.25) is 0 Å². The second-order valence-electron chi connectivity index (χ2n) is 5.82. The van der Waals surface area contributed by atoms with Crippen molar-refractivity contribution in [3.05, 3.63) is 0 Å². The molecular formula is C10H22N2O6S2. The van der Waals surface area contributed by atoms with E-state index in [-0.39, 0.29) is 6.54 Å². The zero-order valence-corrected chi connectivity index (χ0v) is 13.9. The SMILES string of the molecule is CC(C)(C)OC1N(S(C)(=O)=O)CC(CO)N1S(C)(=O)=O. The van der Waals surface area contributed by atoms with Crippen molar-refractivity contribution in [2.75, 3.05) is 25.7 Å². The number of ether oxygens (including phenoxy) is 1. The molecule has 10 heteroatoms. The van der Waals surface area contributed by atoms with Crippen molar-refractivity contribution in [3.8, 4) is 0 Å². The first kappa shape index (κ1) is 17.8. The first-order chi connectivity index (χ1) is 8.77. The van der Waals surface area contributed by atoms with Crippen molar-refractivity contribution in [3.63, 3.8) is 0 Å². The van der Waals surface area contributed by atoms with Crippen LogP contribution >= 0.6 is 0 Å². The molecule has 1 N–H and O–H groups in total. The van der Waals surface area contributed by atoms with Crippen LogP contribution < -0.4 is 0 Å². The fraction of sp³-hybridized carbons (Fsp3) is 1.00. The van der Waals surface area contributed by atoms with Crippen LogP contribution in [0.4, 0.5) is 0 Å². The van der Waals surface area contributed by atoms with E-state index in [2.05, 4.69) is 0 Å². The van der Waals surface area contributed by atoms with Gasteiger partial charge < -0.3 is 9.84 Å². The average Bonchev–Trinajstić information content (AvgIpc) is 2.52. The van der Waals surface area contributed by atoms with Gasteiger partial charge in [-0.2, -0.15) is 8.61 Å². The summed E-state index contributed by atoms with van der Waals surface area (Å²) in [5.74, 6) is 0. The fourth-order valence-corrected chi connectivity index (χ4v) is 4.12. The number of rotatable bonds is 4. The Bertz CT molecular complexity index is 551. The molecule has 8 nitrogen and oxygen atoms in total. The lowest BCUT2D eigenvalue weighted by molar-refractivity contribution is -0.134. The second kappa shape index (κ2) is 5.50. The normalized spacial score (nSPS) is 27.1. The minimum absolute atomic E-state index is 0.136. The van der Waals surface area contributed by atoms with Gasteiger partial charge in [0.2, 0.25) is 20.0 Å². The highest BCUT2D eigenvalue weighted by molar-refractivity contribution is 7.89. The van der Waals surface area contributed by atoms with Gasteiger partial charge in [0.15, 0.2) is 6.35 Å². The molecule has 1 rings (SSSR count). The van der Waals surface area contributed by atoms with E-state index < -0.39 is 44.6 Å². The first-order valence-corrected chi connectivity index (χ1v) is 9.71. The topological polar surface area (TPSA) is 104 Å². The molecule has 1 heterocycles. The quantitative estimate of drug-likeness (QED) is 0.708. The monoisotopic (exact) mass is 330 g/mol. The van der Waals surface area contributed by atoms with E-state index in [1.807, 2.05) is 0 Å². The van der Waals surface area contributed by atoms with E-state index in [4.69, 9.17) is 4.74 Å². The Morgan fingerprint density at radius 3 is 1.95 bits per heavy atom. The van der Waals surface area contributed by atoms with E-state index in [0.717, 1.165) is 21.1 Å². The molecule has 0 saturated carbocycles. The summed E-state index contributed by atoms with van der Waals surface area (Å²) in [6, 6.07) is -0.855. The molecule has 1 fully saturated rings. The van der Waals surface area contributed by atoms with Gasteiger partial charge in [0.25, 0.3) is 0 Å². The molecule has 0 spiro atoms. The zero-order chi connectivity index (χ0) is 15.9. The lowest BCUT2D eigenvalue weighted by Crippen LogP contribution is -2.50. The van der Waals surface area contributed by atoms with Gasteiger partial charge in [0.1, 0.15) is 0 Å². The summed E-state index contributed by atoms with van der Waals surface area (Å²) in [7, 11) is -7.41. The molecule has 0 amide bonds. The first-order valence-electron chi connectivity index (χ1n) is 6.01. The second-order valence-corrected chi connectivity index (χ2v) is 9.64. The summed E-state index contributed by atoms with van der Waals surface area (Å²) in [5.41, 5.74) is -0.749. The maximum Gasteiger partial charge on any atom is 0.214 e. The van der Waals surface area contributed by atoms with Gasteiger partial charge in [-0.05, 0) is 20.8 Å². The van der Waals surface area contributed by atoms with Crippen LogP contribution in [0.25, 0.3) is 0 Å². The van der Waals surface area contributed by atoms with E-state index in [0.29, 0.717) is 0 Å². The van der Waals surface area contributed by atoms with Crippen LogP contribution in [0.3, 0.4) is 0 Å². The Labute approximate surface area is 120 Å². The van der Waals surface area contributed by atoms with Crippen molar-refractivity contribution >= 4 is 20.0 Å². The third-order valence-corrected chi connectivity index (χ3v) is 5.12. The van der Waals surface area contributed by atoms with Crippen LogP contribution in [-0.4, -0.2) is 74.2 Å². The molecule has 2 unspecified atom stereocenters. The summed E-state index contributed by atoms with van der Waals surface area (Å²) in [6.45, 7) is 4.47. The van der Waals surface area contributed by atoms with Crippen LogP contribution in [0.5, 0.6) is 0 Å². The molecule has 2 atom stereocenters. The number of sulfonamides is 2. The van der Waals surface area contributed by atoms with Gasteiger partial charge >= 0.3 is 0 Å². The maximum absolute atomic E-state index is 11.9. The highest BCUT2D eigenvalue weighted by Crippen LogP contribution is 2.29. The molecule has 120 valence electrons. The largest absolute Gasteiger partial charge is 0.395 e. The summed E-state index contributed by atoms with van der Waals surface area (Å²) in [6.07, 6.45) is 0.657. The molecule has 1 aliphatic heterocycles. The van der Waals surface area contributed by atoms with Crippen molar-refractivity contribution < 1.29 is 26.7 Å². The molecule has 0 aromatic carbocycles. The summed E-state index contributed by atoms with van der Waals surface area (Å²) >= 11 is 0. The minimum Gasteiger partial charge on any atom is -0.395 e. The smallest absolute Gasteiger partial charge is 0.214 e. The lowest BCUT2D eigenvalue weighted by Gasteiger charge is -2.33. The number of nitrogens with zero attached hydrogens (tertiary/aromatic N) is 2. The van der Waals surface area contributed by atoms with E-state index in [1.54, 1.807) is 20.8 Å². The third-order valence-electron chi connectivity index (χ3n) is 2.69.